The largest absolute Gasteiger partial charge is 0.388 e. The van der Waals surface area contributed by atoms with Crippen LogP contribution >= 0.6 is 0 Å². The Labute approximate surface area is 198 Å². The molecule has 2 fully saturated rings. The Bertz CT molecular complexity index is 1190. The van der Waals surface area contributed by atoms with Gasteiger partial charge in [0.2, 0.25) is 5.91 Å². The van der Waals surface area contributed by atoms with Crippen LogP contribution in [0.4, 0.5) is 0 Å². The topological polar surface area (TPSA) is 138 Å². The number of nitrogens with two attached hydrogens (primary N) is 1. The van der Waals surface area contributed by atoms with Gasteiger partial charge in [0.25, 0.3) is 5.56 Å². The van der Waals surface area contributed by atoms with Crippen molar-refractivity contribution in [1.82, 2.24) is 23.6 Å². The zero-order valence-corrected chi connectivity index (χ0v) is 20.5. The van der Waals surface area contributed by atoms with Crippen molar-refractivity contribution in [3.63, 3.8) is 0 Å². The summed E-state index contributed by atoms with van der Waals surface area (Å²) in [5.41, 5.74) is 3.98. The van der Waals surface area contributed by atoms with Crippen LogP contribution in [0.15, 0.2) is 15.9 Å². The third-order valence-electron chi connectivity index (χ3n) is 7.63. The third-order valence-corrected chi connectivity index (χ3v) is 7.63. The zero-order valence-electron chi connectivity index (χ0n) is 20.5. The Morgan fingerprint density at radius 3 is 2.59 bits per heavy atom. The Balaban J connectivity index is 1.52. The van der Waals surface area contributed by atoms with Crippen molar-refractivity contribution in [2.24, 2.45) is 19.8 Å². The molecule has 34 heavy (non-hydrogen) atoms. The van der Waals surface area contributed by atoms with Crippen LogP contribution in [0.1, 0.15) is 58.4 Å². The number of rotatable bonds is 5. The number of fused-ring (bicyclic) bond motifs is 1. The standard InChI is InChI=1S/C23H36N6O5/c1-5-6-7-15(24)19(30)28-10-8-23(9-11-28)13-22(2,33)16(12-34-23)29-14-25-18-17(29)20(31)27(4)21(32)26(18)3/h14-16,33H,5-13,24H2,1-4H3/t15-,16+,22+/m0/s1. The fourth-order valence-corrected chi connectivity index (χ4v) is 5.47. The van der Waals surface area contributed by atoms with E-state index < -0.39 is 34.5 Å². The number of aliphatic hydroxyl groups is 1. The molecule has 11 heteroatoms. The summed E-state index contributed by atoms with van der Waals surface area (Å²) in [6.45, 7) is 5.09. The van der Waals surface area contributed by atoms with Crippen molar-refractivity contribution >= 4 is 17.1 Å². The van der Waals surface area contributed by atoms with Crippen LogP contribution in [0.25, 0.3) is 11.2 Å². The van der Waals surface area contributed by atoms with E-state index in [0.717, 1.165) is 17.4 Å². The molecule has 0 aliphatic carbocycles. The quantitative estimate of drug-likeness (QED) is 0.621. The molecule has 2 aromatic rings. The van der Waals surface area contributed by atoms with Gasteiger partial charge in [0.1, 0.15) is 0 Å². The lowest BCUT2D eigenvalue weighted by molar-refractivity contribution is -0.197. The molecular weight excluding hydrogens is 440 g/mol. The Morgan fingerprint density at radius 1 is 1.29 bits per heavy atom. The second-order valence-electron chi connectivity index (χ2n) is 10.1. The summed E-state index contributed by atoms with van der Waals surface area (Å²) in [7, 11) is 2.99. The number of nitrogens with zero attached hydrogens (tertiary/aromatic N) is 5. The van der Waals surface area contributed by atoms with E-state index in [9.17, 15) is 19.5 Å². The molecule has 0 aromatic carbocycles. The third kappa shape index (κ3) is 4.09. The maximum absolute atomic E-state index is 12.9. The number of carbonyl (C=O) groups is 1. The molecule has 2 saturated heterocycles. The second kappa shape index (κ2) is 8.94. The molecule has 0 radical (unpaired) electrons. The van der Waals surface area contributed by atoms with Crippen molar-refractivity contribution in [3.8, 4) is 0 Å². The number of likely N-dealkylation sites (tertiary alicyclic amines) is 1. The predicted molar refractivity (Wildman–Crippen MR) is 126 cm³/mol. The number of unbranched alkanes of at least 4 members (excludes halogenated alkanes) is 1. The number of carbonyl (C=O) groups excluding carboxylic acids is 1. The molecule has 3 atom stereocenters. The van der Waals surface area contributed by atoms with Gasteiger partial charge in [-0.15, -0.1) is 0 Å². The zero-order chi connectivity index (χ0) is 24.8. The Kier molecular flexibility index (Phi) is 6.47. The van der Waals surface area contributed by atoms with Crippen molar-refractivity contribution in [3.05, 3.63) is 27.2 Å². The van der Waals surface area contributed by atoms with E-state index in [1.165, 1.54) is 17.9 Å². The van der Waals surface area contributed by atoms with Gasteiger partial charge in [-0.05, 0) is 26.2 Å². The van der Waals surface area contributed by atoms with E-state index in [-0.39, 0.29) is 23.7 Å². The van der Waals surface area contributed by atoms with Gasteiger partial charge in [-0.3, -0.25) is 18.7 Å². The van der Waals surface area contributed by atoms with Crippen LogP contribution in [0.3, 0.4) is 0 Å². The summed E-state index contributed by atoms with van der Waals surface area (Å²) in [5.74, 6) is -0.0184. The van der Waals surface area contributed by atoms with Crippen molar-refractivity contribution < 1.29 is 14.6 Å². The maximum atomic E-state index is 12.9. The number of imidazole rings is 1. The first-order chi connectivity index (χ1) is 16.0. The highest BCUT2D eigenvalue weighted by Crippen LogP contribution is 2.44. The van der Waals surface area contributed by atoms with Crippen molar-refractivity contribution in [1.29, 1.82) is 0 Å². The van der Waals surface area contributed by atoms with E-state index >= 15 is 0 Å². The van der Waals surface area contributed by atoms with Crippen LogP contribution < -0.4 is 17.0 Å². The molecule has 4 rings (SSSR count). The van der Waals surface area contributed by atoms with Gasteiger partial charge >= 0.3 is 5.69 Å². The van der Waals surface area contributed by atoms with Crippen molar-refractivity contribution in [2.45, 2.75) is 75.7 Å². The number of aromatic nitrogens is 4. The summed E-state index contributed by atoms with van der Waals surface area (Å²) in [5, 5.41) is 11.5. The normalized spacial score (nSPS) is 25.7. The van der Waals surface area contributed by atoms with E-state index in [0.29, 0.717) is 38.8 Å². The number of aryl methyl sites for hydroxylation is 1. The molecule has 11 nitrogen and oxygen atoms in total. The molecule has 188 valence electrons. The lowest BCUT2D eigenvalue weighted by Crippen LogP contribution is -2.59. The Hall–Kier alpha value is -2.50. The monoisotopic (exact) mass is 476 g/mol. The van der Waals surface area contributed by atoms with Crippen LogP contribution in [0.5, 0.6) is 0 Å². The smallest absolute Gasteiger partial charge is 0.332 e. The summed E-state index contributed by atoms with van der Waals surface area (Å²) in [4.78, 5) is 43.9. The SMILES string of the molecule is CCCC[C@H](N)C(=O)N1CCC2(CC1)C[C@@](C)(O)[C@H](n1cnc3c1c(=O)n(C)c(=O)n3C)CO2. The minimum absolute atomic E-state index is 0.0184. The van der Waals surface area contributed by atoms with Gasteiger partial charge in [-0.25, -0.2) is 9.78 Å². The average Bonchev–Trinajstić information content (AvgIpc) is 3.24. The second-order valence-corrected chi connectivity index (χ2v) is 10.1. The first-order valence-electron chi connectivity index (χ1n) is 12.0. The number of hydrogen-bond acceptors (Lipinski definition) is 7. The lowest BCUT2D eigenvalue weighted by atomic mass is 9.75. The minimum Gasteiger partial charge on any atom is -0.388 e. The molecule has 0 unspecified atom stereocenters. The summed E-state index contributed by atoms with van der Waals surface area (Å²) in [6.07, 6.45) is 5.70. The number of amides is 1. The summed E-state index contributed by atoms with van der Waals surface area (Å²) < 4.78 is 10.3. The minimum atomic E-state index is -1.19. The van der Waals surface area contributed by atoms with Gasteiger partial charge in [-0.1, -0.05) is 19.8 Å². The van der Waals surface area contributed by atoms with Crippen LogP contribution in [-0.2, 0) is 23.6 Å². The molecular formula is C23H36N6O5. The first-order valence-corrected chi connectivity index (χ1v) is 12.0. The fourth-order valence-electron chi connectivity index (χ4n) is 5.47. The number of hydrogen-bond donors (Lipinski definition) is 2. The highest BCUT2D eigenvalue weighted by molar-refractivity contribution is 5.81. The van der Waals surface area contributed by atoms with Crippen LogP contribution in [0, 0.1) is 0 Å². The average molecular weight is 477 g/mol. The molecule has 0 saturated carbocycles. The lowest BCUT2D eigenvalue weighted by Gasteiger charge is -2.51. The first kappa shape index (κ1) is 24.6. The molecule has 0 bridgehead atoms. The van der Waals surface area contributed by atoms with Gasteiger partial charge in [0.05, 0.1) is 36.2 Å². The molecule has 2 aliphatic rings. The van der Waals surface area contributed by atoms with Gasteiger partial charge in [0.15, 0.2) is 11.2 Å². The number of ether oxygens (including phenoxy) is 1. The Morgan fingerprint density at radius 2 is 1.97 bits per heavy atom. The van der Waals surface area contributed by atoms with E-state index in [1.54, 1.807) is 18.5 Å². The molecule has 1 amide bonds. The molecule has 3 N–H and O–H groups in total. The maximum Gasteiger partial charge on any atom is 0.332 e. The molecule has 1 spiro atoms. The highest BCUT2D eigenvalue weighted by atomic mass is 16.5. The predicted octanol–water partition coefficient (Wildman–Crippen LogP) is 0.0248. The van der Waals surface area contributed by atoms with E-state index in [2.05, 4.69) is 11.9 Å². The summed E-state index contributed by atoms with van der Waals surface area (Å²) in [6, 6.07) is -1.02. The highest BCUT2D eigenvalue weighted by Gasteiger charge is 2.50. The summed E-state index contributed by atoms with van der Waals surface area (Å²) >= 11 is 0. The van der Waals surface area contributed by atoms with Crippen LogP contribution in [0.2, 0.25) is 0 Å². The number of piperidine rings is 1. The van der Waals surface area contributed by atoms with E-state index in [1.807, 2.05) is 4.90 Å². The van der Waals surface area contributed by atoms with Crippen LogP contribution in [-0.4, -0.2) is 71.5 Å². The fraction of sp³-hybridized carbons (Fsp3) is 0.739. The molecule has 4 heterocycles. The van der Waals surface area contributed by atoms with Gasteiger partial charge in [0, 0.05) is 33.6 Å². The molecule has 2 aromatic heterocycles. The van der Waals surface area contributed by atoms with Crippen molar-refractivity contribution in [2.75, 3.05) is 19.7 Å². The van der Waals surface area contributed by atoms with E-state index in [4.69, 9.17) is 10.5 Å². The van der Waals surface area contributed by atoms with Gasteiger partial charge in [-0.2, -0.15) is 0 Å². The van der Waals surface area contributed by atoms with Gasteiger partial charge < -0.3 is 25.0 Å². The molecule has 2 aliphatic heterocycles.